The van der Waals surface area contributed by atoms with Crippen LogP contribution in [0.25, 0.3) is 0 Å². The third-order valence-electron chi connectivity index (χ3n) is 3.86. The van der Waals surface area contributed by atoms with Crippen LogP contribution >= 0.6 is 11.3 Å². The fourth-order valence-corrected chi connectivity index (χ4v) is 3.24. The number of hydrogen-bond donors (Lipinski definition) is 1. The topological polar surface area (TPSA) is 57.6 Å². The van der Waals surface area contributed by atoms with Crippen molar-refractivity contribution < 1.29 is 14.7 Å². The summed E-state index contributed by atoms with van der Waals surface area (Å²) in [6.45, 7) is 6.04. The maximum atomic E-state index is 12.5. The molecule has 0 bridgehead atoms. The van der Waals surface area contributed by atoms with Gasteiger partial charge in [0.05, 0.1) is 5.56 Å². The summed E-state index contributed by atoms with van der Waals surface area (Å²) in [7, 11) is 0. The summed E-state index contributed by atoms with van der Waals surface area (Å²) < 4.78 is 0. The molecule has 1 aromatic rings. The lowest BCUT2D eigenvalue weighted by atomic mass is 9.98. The van der Waals surface area contributed by atoms with Gasteiger partial charge in [-0.25, -0.2) is 4.79 Å². The zero-order valence-corrected chi connectivity index (χ0v) is 11.6. The number of likely N-dealkylation sites (tertiary alicyclic amines) is 1. The van der Waals surface area contributed by atoms with Gasteiger partial charge < -0.3 is 10.0 Å². The van der Waals surface area contributed by atoms with Gasteiger partial charge in [0.1, 0.15) is 5.54 Å². The molecule has 1 aliphatic heterocycles. The first-order chi connectivity index (χ1) is 8.38. The minimum atomic E-state index is -1.06. The van der Waals surface area contributed by atoms with Crippen LogP contribution in [0.4, 0.5) is 0 Å². The van der Waals surface area contributed by atoms with Crippen molar-refractivity contribution in [2.75, 3.05) is 6.54 Å². The zero-order valence-electron chi connectivity index (χ0n) is 10.8. The number of amides is 1. The van der Waals surface area contributed by atoms with Crippen molar-refractivity contribution in [3.05, 3.63) is 21.4 Å². The van der Waals surface area contributed by atoms with Crippen LogP contribution < -0.4 is 0 Å². The molecule has 1 unspecified atom stereocenters. The van der Waals surface area contributed by atoms with Crippen LogP contribution in [-0.4, -0.2) is 34.0 Å². The lowest BCUT2D eigenvalue weighted by Gasteiger charge is -2.31. The summed E-state index contributed by atoms with van der Waals surface area (Å²) in [5.74, 6) is -1.07. The maximum Gasteiger partial charge on any atom is 0.329 e. The molecule has 98 valence electrons. The molecule has 1 aromatic heterocycles. The van der Waals surface area contributed by atoms with Gasteiger partial charge in [-0.2, -0.15) is 0 Å². The maximum absolute atomic E-state index is 12.5. The molecule has 5 heteroatoms. The quantitative estimate of drug-likeness (QED) is 0.895. The van der Waals surface area contributed by atoms with Crippen LogP contribution in [0.1, 0.15) is 40.6 Å². The van der Waals surface area contributed by atoms with Crippen LogP contribution in [0.3, 0.4) is 0 Å². The predicted octanol–water partition coefficient (Wildman–Crippen LogP) is 2.44. The van der Waals surface area contributed by atoms with Crippen molar-refractivity contribution in [3.63, 3.8) is 0 Å². The minimum Gasteiger partial charge on any atom is -0.480 e. The van der Waals surface area contributed by atoms with Gasteiger partial charge in [0.2, 0.25) is 0 Å². The lowest BCUT2D eigenvalue weighted by molar-refractivity contribution is -0.147. The molecule has 18 heavy (non-hydrogen) atoms. The van der Waals surface area contributed by atoms with Gasteiger partial charge in [0.15, 0.2) is 0 Å². The van der Waals surface area contributed by atoms with Crippen LogP contribution in [-0.2, 0) is 4.79 Å². The second kappa shape index (κ2) is 4.39. The molecular weight excluding hydrogens is 250 g/mol. The molecule has 2 heterocycles. The first-order valence-electron chi connectivity index (χ1n) is 5.98. The lowest BCUT2D eigenvalue weighted by Crippen LogP contribution is -2.50. The first-order valence-corrected chi connectivity index (χ1v) is 6.86. The monoisotopic (exact) mass is 267 g/mol. The summed E-state index contributed by atoms with van der Waals surface area (Å²) in [4.78, 5) is 26.4. The van der Waals surface area contributed by atoms with Gasteiger partial charge >= 0.3 is 5.97 Å². The third-order valence-corrected chi connectivity index (χ3v) is 4.88. The van der Waals surface area contributed by atoms with E-state index in [1.807, 2.05) is 19.2 Å². The third kappa shape index (κ3) is 1.82. The number of carboxylic acid groups (broad SMARTS) is 1. The smallest absolute Gasteiger partial charge is 0.329 e. The van der Waals surface area contributed by atoms with E-state index in [1.54, 1.807) is 6.92 Å². The number of aliphatic carboxylic acids is 1. The van der Waals surface area contributed by atoms with Crippen molar-refractivity contribution in [3.8, 4) is 0 Å². The molecule has 1 atom stereocenters. The zero-order chi connectivity index (χ0) is 13.5. The van der Waals surface area contributed by atoms with E-state index in [2.05, 4.69) is 0 Å². The number of carbonyl (C=O) groups excluding carboxylic acids is 1. The number of thiophene rings is 1. The van der Waals surface area contributed by atoms with E-state index in [0.717, 1.165) is 16.9 Å². The molecule has 0 saturated carbocycles. The highest BCUT2D eigenvalue weighted by Gasteiger charge is 2.46. The molecule has 1 saturated heterocycles. The molecule has 4 nitrogen and oxygen atoms in total. The molecule has 1 N–H and O–H groups in total. The molecule has 2 rings (SSSR count). The van der Waals surface area contributed by atoms with E-state index in [-0.39, 0.29) is 5.91 Å². The summed E-state index contributed by atoms with van der Waals surface area (Å²) in [5.41, 5.74) is 0.552. The number of aryl methyl sites for hydroxylation is 1. The molecule has 1 aliphatic rings. The van der Waals surface area contributed by atoms with Crippen molar-refractivity contribution in [2.24, 2.45) is 0 Å². The normalized spacial score (nSPS) is 23.4. The Balaban J connectivity index is 2.35. The van der Waals surface area contributed by atoms with E-state index < -0.39 is 11.5 Å². The van der Waals surface area contributed by atoms with Gasteiger partial charge in [-0.15, -0.1) is 11.3 Å². The summed E-state index contributed by atoms with van der Waals surface area (Å²) in [5, 5.41) is 11.1. The number of carbonyl (C=O) groups is 2. The van der Waals surface area contributed by atoms with Gasteiger partial charge in [-0.1, -0.05) is 0 Å². The highest BCUT2D eigenvalue weighted by Crippen LogP contribution is 2.32. The molecule has 1 amide bonds. The predicted molar refractivity (Wildman–Crippen MR) is 70.1 cm³/mol. The Bertz CT molecular complexity index is 508. The molecule has 0 aromatic carbocycles. The Morgan fingerprint density at radius 2 is 2.11 bits per heavy atom. The highest BCUT2D eigenvalue weighted by atomic mass is 32.1. The Kier molecular flexibility index (Phi) is 3.19. The Labute approximate surface area is 110 Å². The second-order valence-electron chi connectivity index (χ2n) is 4.97. The Morgan fingerprint density at radius 1 is 1.44 bits per heavy atom. The fourth-order valence-electron chi connectivity index (χ4n) is 2.38. The summed E-state index contributed by atoms with van der Waals surface area (Å²) in [6.07, 6.45) is 1.27. The average Bonchev–Trinajstić information content (AvgIpc) is 2.85. The Hall–Kier alpha value is -1.36. The van der Waals surface area contributed by atoms with Gasteiger partial charge in [-0.05, 0) is 39.2 Å². The fraction of sp³-hybridized carbons (Fsp3) is 0.538. The molecular formula is C13H17NO3S. The van der Waals surface area contributed by atoms with Crippen LogP contribution in [0.15, 0.2) is 5.38 Å². The number of nitrogens with zero attached hydrogens (tertiary/aromatic N) is 1. The van der Waals surface area contributed by atoms with E-state index >= 15 is 0 Å². The van der Waals surface area contributed by atoms with Crippen molar-refractivity contribution in [1.82, 2.24) is 4.90 Å². The largest absolute Gasteiger partial charge is 0.480 e. The molecule has 1 fully saturated rings. The SMILES string of the molecule is Cc1scc(C(=O)N2CCCC2(C)C(=O)O)c1C. The van der Waals surface area contributed by atoms with Gasteiger partial charge in [0, 0.05) is 16.8 Å². The summed E-state index contributed by atoms with van der Waals surface area (Å²) in [6, 6.07) is 0. The van der Waals surface area contributed by atoms with Crippen LogP contribution in [0.5, 0.6) is 0 Å². The average molecular weight is 267 g/mol. The van der Waals surface area contributed by atoms with Crippen molar-refractivity contribution in [1.29, 1.82) is 0 Å². The van der Waals surface area contributed by atoms with Crippen molar-refractivity contribution >= 4 is 23.2 Å². The van der Waals surface area contributed by atoms with Crippen molar-refractivity contribution in [2.45, 2.75) is 39.2 Å². The van der Waals surface area contributed by atoms with Gasteiger partial charge in [-0.3, -0.25) is 4.79 Å². The molecule has 0 radical (unpaired) electrons. The second-order valence-corrected chi connectivity index (χ2v) is 6.05. The van der Waals surface area contributed by atoms with Crippen LogP contribution in [0.2, 0.25) is 0 Å². The molecule has 0 aliphatic carbocycles. The first kappa shape index (κ1) is 13.1. The van der Waals surface area contributed by atoms with Gasteiger partial charge in [0.25, 0.3) is 5.91 Å². The number of hydrogen-bond acceptors (Lipinski definition) is 3. The number of carboxylic acids is 1. The summed E-state index contributed by atoms with van der Waals surface area (Å²) >= 11 is 1.53. The van der Waals surface area contributed by atoms with E-state index in [9.17, 15) is 14.7 Å². The molecule has 0 spiro atoms. The number of rotatable bonds is 2. The standard InChI is InChI=1S/C13H17NO3S/c1-8-9(2)18-7-10(8)11(15)14-6-4-5-13(14,3)12(16)17/h7H,4-6H2,1-3H3,(H,16,17). The van der Waals surface area contributed by atoms with Crippen LogP contribution in [0, 0.1) is 13.8 Å². The van der Waals surface area contributed by atoms with E-state index in [0.29, 0.717) is 18.5 Å². The van der Waals surface area contributed by atoms with E-state index in [1.165, 1.54) is 16.2 Å². The Morgan fingerprint density at radius 3 is 2.61 bits per heavy atom. The highest BCUT2D eigenvalue weighted by molar-refractivity contribution is 7.10. The van der Waals surface area contributed by atoms with E-state index in [4.69, 9.17) is 0 Å². The minimum absolute atomic E-state index is 0.153.